The first-order chi connectivity index (χ1) is 12.2. The van der Waals surface area contributed by atoms with Crippen LogP contribution in [0.25, 0.3) is 11.0 Å². The molecule has 0 radical (unpaired) electrons. The molecule has 0 aliphatic heterocycles. The van der Waals surface area contributed by atoms with Crippen LogP contribution in [0.5, 0.6) is 5.88 Å². The van der Waals surface area contributed by atoms with Gasteiger partial charge in [-0.2, -0.15) is 0 Å². The maximum Gasteiger partial charge on any atom is 0.313 e. The zero-order chi connectivity index (χ0) is 17.6. The molecule has 2 heterocycles. The summed E-state index contributed by atoms with van der Waals surface area (Å²) in [5.74, 6) is -0.934. The lowest BCUT2D eigenvalue weighted by molar-refractivity contribution is 0.0666. The van der Waals surface area contributed by atoms with Crippen molar-refractivity contribution in [2.45, 2.75) is 6.42 Å². The van der Waals surface area contributed by atoms with Crippen LogP contribution < -0.4 is 15.5 Å². The van der Waals surface area contributed by atoms with Crippen LogP contribution in [0, 0.1) is 0 Å². The van der Waals surface area contributed by atoms with Crippen LogP contribution in [0.1, 0.15) is 27.5 Å². The van der Waals surface area contributed by atoms with Crippen molar-refractivity contribution in [3.05, 3.63) is 47.9 Å². The van der Waals surface area contributed by atoms with Crippen LogP contribution in [-0.4, -0.2) is 35.3 Å². The van der Waals surface area contributed by atoms with Crippen molar-refractivity contribution >= 4 is 22.8 Å². The SMILES string of the molecule is O=C(NO)c1cc(OCCCNC(=O)c2cc3ccccc3o2)no1. The van der Waals surface area contributed by atoms with Gasteiger partial charge in [-0.1, -0.05) is 18.2 Å². The van der Waals surface area contributed by atoms with E-state index >= 15 is 0 Å². The quantitative estimate of drug-likeness (QED) is 0.338. The van der Waals surface area contributed by atoms with E-state index in [1.54, 1.807) is 12.1 Å². The lowest BCUT2D eigenvalue weighted by atomic mass is 10.2. The van der Waals surface area contributed by atoms with Gasteiger partial charge in [0, 0.05) is 11.9 Å². The Labute approximate surface area is 141 Å². The summed E-state index contributed by atoms with van der Waals surface area (Å²) in [6, 6.07) is 10.3. The molecule has 1 aromatic carbocycles. The van der Waals surface area contributed by atoms with Crippen molar-refractivity contribution in [1.82, 2.24) is 16.0 Å². The molecule has 0 unspecified atom stereocenters. The van der Waals surface area contributed by atoms with Gasteiger partial charge in [0.1, 0.15) is 5.58 Å². The maximum absolute atomic E-state index is 12.0. The summed E-state index contributed by atoms with van der Waals surface area (Å²) in [6.45, 7) is 0.630. The molecule has 0 aliphatic rings. The van der Waals surface area contributed by atoms with E-state index in [4.69, 9.17) is 14.4 Å². The molecule has 9 nitrogen and oxygen atoms in total. The van der Waals surface area contributed by atoms with Crippen LogP contribution >= 0.6 is 0 Å². The second-order valence-electron chi connectivity index (χ2n) is 5.08. The summed E-state index contributed by atoms with van der Waals surface area (Å²) in [5, 5.41) is 15.6. The molecule has 0 saturated heterocycles. The van der Waals surface area contributed by atoms with Gasteiger partial charge in [-0.3, -0.25) is 14.8 Å². The number of amides is 2. The number of fused-ring (bicyclic) bond motifs is 1. The van der Waals surface area contributed by atoms with Gasteiger partial charge in [-0.05, 0) is 23.7 Å². The Kier molecular flexibility index (Phi) is 4.95. The van der Waals surface area contributed by atoms with E-state index in [1.807, 2.05) is 18.2 Å². The Morgan fingerprint density at radius 1 is 1.16 bits per heavy atom. The number of ether oxygens (including phenoxy) is 1. The van der Waals surface area contributed by atoms with Gasteiger partial charge in [-0.15, -0.1) is 0 Å². The number of benzene rings is 1. The van der Waals surface area contributed by atoms with Gasteiger partial charge < -0.3 is 19.0 Å². The molecule has 2 amide bonds. The van der Waals surface area contributed by atoms with Gasteiger partial charge in [0.25, 0.3) is 11.8 Å². The Bertz CT molecular complexity index is 852. The van der Waals surface area contributed by atoms with Crippen molar-refractivity contribution in [2.75, 3.05) is 13.2 Å². The Hall–Kier alpha value is -3.33. The topological polar surface area (TPSA) is 127 Å². The van der Waals surface area contributed by atoms with Gasteiger partial charge in [-0.25, -0.2) is 5.48 Å². The van der Waals surface area contributed by atoms with Gasteiger partial charge in [0.2, 0.25) is 5.76 Å². The second-order valence-corrected chi connectivity index (χ2v) is 5.08. The average molecular weight is 345 g/mol. The minimum atomic E-state index is -0.819. The smallest absolute Gasteiger partial charge is 0.313 e. The van der Waals surface area contributed by atoms with Crippen molar-refractivity contribution in [1.29, 1.82) is 0 Å². The summed E-state index contributed by atoms with van der Waals surface area (Å²) in [5.41, 5.74) is 2.08. The zero-order valence-corrected chi connectivity index (χ0v) is 13.0. The van der Waals surface area contributed by atoms with Gasteiger partial charge in [0.05, 0.1) is 12.7 Å². The van der Waals surface area contributed by atoms with E-state index in [0.29, 0.717) is 18.5 Å². The van der Waals surface area contributed by atoms with Crippen LogP contribution in [-0.2, 0) is 0 Å². The van der Waals surface area contributed by atoms with Crippen molar-refractivity contribution < 1.29 is 28.5 Å². The first-order valence-corrected chi connectivity index (χ1v) is 7.48. The van der Waals surface area contributed by atoms with E-state index in [-0.39, 0.29) is 29.9 Å². The maximum atomic E-state index is 12.0. The molecule has 0 aliphatic carbocycles. The Morgan fingerprint density at radius 3 is 2.80 bits per heavy atom. The molecule has 3 aromatic rings. The molecule has 0 spiro atoms. The molecular formula is C16H15N3O6. The van der Waals surface area contributed by atoms with Crippen LogP contribution in [0.3, 0.4) is 0 Å². The third kappa shape index (κ3) is 3.96. The van der Waals surface area contributed by atoms with Gasteiger partial charge >= 0.3 is 5.91 Å². The number of carbonyl (C=O) groups excluding carboxylic acids is 2. The minimum absolute atomic E-state index is 0.113. The largest absolute Gasteiger partial charge is 0.475 e. The number of nitrogens with zero attached hydrogens (tertiary/aromatic N) is 1. The molecule has 3 N–H and O–H groups in total. The number of rotatable bonds is 7. The number of furan rings is 1. The number of hydrogen-bond acceptors (Lipinski definition) is 7. The monoisotopic (exact) mass is 345 g/mol. The van der Waals surface area contributed by atoms with E-state index in [9.17, 15) is 9.59 Å². The number of hydrogen-bond donors (Lipinski definition) is 3. The third-order valence-corrected chi connectivity index (χ3v) is 3.32. The molecule has 0 fully saturated rings. The highest BCUT2D eigenvalue weighted by atomic mass is 16.5. The highest BCUT2D eigenvalue weighted by molar-refractivity contribution is 5.96. The lowest BCUT2D eigenvalue weighted by Crippen LogP contribution is -2.25. The van der Waals surface area contributed by atoms with E-state index in [2.05, 4.69) is 15.0 Å². The fraction of sp³-hybridized carbons (Fsp3) is 0.188. The molecule has 0 atom stereocenters. The average Bonchev–Trinajstić information content (AvgIpc) is 3.27. The van der Waals surface area contributed by atoms with Crippen molar-refractivity contribution in [3.8, 4) is 5.88 Å². The predicted octanol–water partition coefficient (Wildman–Crippen LogP) is 1.74. The number of carbonyl (C=O) groups is 2. The standard InChI is InChI=1S/C16H15N3O6/c20-15(12-8-10-4-1-2-5-11(10)24-12)17-6-3-7-23-14-9-13(25-19-14)16(21)18-22/h1-2,4-5,8-9,22H,3,6-7H2,(H,17,20)(H,18,21). The molecule has 9 heteroatoms. The van der Waals surface area contributed by atoms with Crippen molar-refractivity contribution in [2.24, 2.45) is 0 Å². The number of para-hydroxylation sites is 1. The summed E-state index contributed by atoms with van der Waals surface area (Å²) in [6.07, 6.45) is 0.514. The fourth-order valence-electron chi connectivity index (χ4n) is 2.12. The molecule has 25 heavy (non-hydrogen) atoms. The molecule has 0 bridgehead atoms. The summed E-state index contributed by atoms with van der Waals surface area (Å²) in [4.78, 5) is 23.1. The molecule has 3 rings (SSSR count). The molecule has 130 valence electrons. The minimum Gasteiger partial charge on any atom is -0.475 e. The zero-order valence-electron chi connectivity index (χ0n) is 13.0. The molecule has 0 saturated carbocycles. The first-order valence-electron chi connectivity index (χ1n) is 7.48. The lowest BCUT2D eigenvalue weighted by Gasteiger charge is -2.03. The van der Waals surface area contributed by atoms with E-state index in [1.165, 1.54) is 11.5 Å². The van der Waals surface area contributed by atoms with Gasteiger partial charge in [0.15, 0.2) is 5.76 Å². The Balaban J connectivity index is 1.41. The second kappa shape index (κ2) is 7.49. The number of hydroxylamine groups is 1. The highest BCUT2D eigenvalue weighted by Gasteiger charge is 2.13. The fourth-order valence-corrected chi connectivity index (χ4v) is 2.12. The molecule has 2 aromatic heterocycles. The first kappa shape index (κ1) is 16.5. The summed E-state index contributed by atoms with van der Waals surface area (Å²) in [7, 11) is 0. The third-order valence-electron chi connectivity index (χ3n) is 3.32. The predicted molar refractivity (Wildman–Crippen MR) is 84.4 cm³/mol. The van der Waals surface area contributed by atoms with Crippen LogP contribution in [0.15, 0.2) is 45.3 Å². The van der Waals surface area contributed by atoms with Crippen LogP contribution in [0.2, 0.25) is 0 Å². The normalized spacial score (nSPS) is 10.6. The van der Waals surface area contributed by atoms with Crippen molar-refractivity contribution in [3.63, 3.8) is 0 Å². The van der Waals surface area contributed by atoms with E-state index < -0.39 is 5.91 Å². The summed E-state index contributed by atoms with van der Waals surface area (Å²) < 4.78 is 15.4. The number of aromatic nitrogens is 1. The Morgan fingerprint density at radius 2 is 2.00 bits per heavy atom. The van der Waals surface area contributed by atoms with Crippen LogP contribution in [0.4, 0.5) is 0 Å². The van der Waals surface area contributed by atoms with E-state index in [0.717, 1.165) is 5.39 Å². The molecular weight excluding hydrogens is 330 g/mol. The number of nitrogens with one attached hydrogen (secondary N) is 2. The summed E-state index contributed by atoms with van der Waals surface area (Å²) >= 11 is 0. The highest BCUT2D eigenvalue weighted by Crippen LogP contribution is 2.18.